The Labute approximate surface area is 77.0 Å². The van der Waals surface area contributed by atoms with E-state index in [0.717, 1.165) is 6.92 Å². The Morgan fingerprint density at radius 1 is 1.62 bits per heavy atom. The molecule has 0 aromatic carbocycles. The Morgan fingerprint density at radius 3 is 2.38 bits per heavy atom. The highest BCUT2D eigenvalue weighted by Crippen LogP contribution is 2.35. The molecule has 0 aliphatic heterocycles. The second-order valence-electron chi connectivity index (χ2n) is 2.20. The number of phosphoric ester groups is 1. The van der Waals surface area contributed by atoms with Crippen LogP contribution in [0.4, 0.5) is 0 Å². The monoisotopic (exact) mass is 216 g/mol. The number of Topliss-reactive ketones (excluding diaryl/α,β-unsaturated/α-hetero) is 1. The molecule has 0 radical (unpaired) electrons. The minimum atomic E-state index is -5.17. The van der Waals surface area contributed by atoms with Crippen LogP contribution in [0.5, 0.6) is 0 Å². The highest BCUT2D eigenvalue weighted by molar-refractivity contribution is 7.46. The molecule has 0 rings (SSSR count). The van der Waals surface area contributed by atoms with E-state index in [4.69, 9.17) is 22.7 Å². The van der Waals surface area contributed by atoms with E-state index in [1.807, 2.05) is 0 Å². The molecular formula is C5H11O7P. The zero-order valence-corrected chi connectivity index (χ0v) is 7.51. The summed E-state index contributed by atoms with van der Waals surface area (Å²) in [4.78, 5) is 27.2. The van der Waals surface area contributed by atoms with Crippen LogP contribution in [0.2, 0.25) is 0 Å². The molecule has 0 saturated heterocycles. The van der Waals surface area contributed by atoms with Crippen molar-refractivity contribution in [2.45, 2.75) is 19.1 Å². The van der Waals surface area contributed by atoms with Crippen molar-refractivity contribution in [3.05, 3.63) is 0 Å². The SMILES string of the molecule is [2H]C([2H])(OP(=O)(O)O)[C@@H](O)[C@H](O)C(C)=O. The molecule has 0 fully saturated rings. The summed E-state index contributed by atoms with van der Waals surface area (Å²) >= 11 is 0. The lowest BCUT2D eigenvalue weighted by atomic mass is 10.1. The van der Waals surface area contributed by atoms with Crippen LogP contribution in [-0.4, -0.2) is 44.6 Å². The number of ketones is 1. The summed E-state index contributed by atoms with van der Waals surface area (Å²) < 4.78 is 27.7. The minimum absolute atomic E-state index is 0.876. The van der Waals surface area contributed by atoms with E-state index >= 15 is 0 Å². The first kappa shape index (κ1) is 9.26. The maximum atomic E-state index is 10.6. The van der Waals surface area contributed by atoms with Gasteiger partial charge in [0.2, 0.25) is 0 Å². The van der Waals surface area contributed by atoms with E-state index in [2.05, 4.69) is 4.52 Å². The molecule has 2 atom stereocenters. The lowest BCUT2D eigenvalue weighted by Gasteiger charge is -2.15. The van der Waals surface area contributed by atoms with Crippen LogP contribution >= 0.6 is 7.82 Å². The second kappa shape index (κ2) is 4.80. The summed E-state index contributed by atoms with van der Waals surface area (Å²) in [6.07, 6.45) is -4.51. The molecule has 0 aromatic rings. The standard InChI is InChI=1S/C5H11O7P/c1-3(6)5(8)4(7)2-12-13(9,10)11/h4-5,7-8H,2H2,1H3,(H2,9,10,11)/t4-,5-/m1/s1/i2D2. The molecule has 0 aromatic heterocycles. The van der Waals surface area contributed by atoms with Gasteiger partial charge in [0.25, 0.3) is 0 Å². The maximum absolute atomic E-state index is 10.6. The minimum Gasteiger partial charge on any atom is -0.388 e. The zero-order valence-electron chi connectivity index (χ0n) is 8.62. The van der Waals surface area contributed by atoms with Crippen molar-refractivity contribution in [2.24, 2.45) is 0 Å². The third-order valence-corrected chi connectivity index (χ3v) is 1.35. The molecule has 13 heavy (non-hydrogen) atoms. The molecule has 8 heteroatoms. The van der Waals surface area contributed by atoms with Crippen molar-refractivity contribution >= 4 is 13.6 Å². The summed E-state index contributed by atoms with van der Waals surface area (Å²) in [5, 5.41) is 18.0. The van der Waals surface area contributed by atoms with Gasteiger partial charge in [0.1, 0.15) is 12.2 Å². The average Bonchev–Trinajstić information content (AvgIpc) is 1.96. The van der Waals surface area contributed by atoms with Crippen LogP contribution in [0.1, 0.15) is 9.67 Å². The zero-order chi connectivity index (χ0) is 12.4. The van der Waals surface area contributed by atoms with Gasteiger partial charge in [-0.3, -0.25) is 9.32 Å². The number of hydrogen-bond acceptors (Lipinski definition) is 5. The Hall–Kier alpha value is -0.300. The van der Waals surface area contributed by atoms with Gasteiger partial charge in [0.05, 0.1) is 9.30 Å². The van der Waals surface area contributed by atoms with Gasteiger partial charge < -0.3 is 20.0 Å². The van der Waals surface area contributed by atoms with Crippen molar-refractivity contribution in [2.75, 3.05) is 6.56 Å². The number of phosphoric acid groups is 1. The summed E-state index contributed by atoms with van der Waals surface area (Å²) in [6, 6.07) is 0. The summed E-state index contributed by atoms with van der Waals surface area (Å²) in [6.45, 7) is -2.36. The predicted molar refractivity (Wildman–Crippen MR) is 40.7 cm³/mol. The molecule has 0 saturated carbocycles. The molecule has 0 aliphatic rings. The van der Waals surface area contributed by atoms with E-state index < -0.39 is 32.4 Å². The van der Waals surface area contributed by atoms with Gasteiger partial charge in [-0.1, -0.05) is 0 Å². The highest BCUT2D eigenvalue weighted by Gasteiger charge is 2.24. The highest BCUT2D eigenvalue weighted by atomic mass is 31.2. The second-order valence-corrected chi connectivity index (χ2v) is 3.36. The predicted octanol–water partition coefficient (Wildman–Crippen LogP) is -1.59. The Balaban J connectivity index is 4.73. The summed E-state index contributed by atoms with van der Waals surface area (Å²) in [7, 11) is -5.17. The van der Waals surface area contributed by atoms with Crippen LogP contribution in [0.3, 0.4) is 0 Å². The van der Waals surface area contributed by atoms with E-state index in [1.165, 1.54) is 0 Å². The molecule has 0 spiro atoms. The smallest absolute Gasteiger partial charge is 0.388 e. The fourth-order valence-electron chi connectivity index (χ4n) is 0.409. The number of carbonyl (C=O) groups excluding carboxylic acids is 1. The van der Waals surface area contributed by atoms with E-state index in [-0.39, 0.29) is 0 Å². The van der Waals surface area contributed by atoms with Crippen molar-refractivity contribution < 1.29 is 36.6 Å². The fourth-order valence-corrected chi connectivity index (χ4v) is 0.655. The number of hydrogen-bond donors (Lipinski definition) is 4. The van der Waals surface area contributed by atoms with Gasteiger partial charge in [-0.05, 0) is 6.92 Å². The normalized spacial score (nSPS) is 20.1. The summed E-state index contributed by atoms with van der Waals surface area (Å²) in [5.41, 5.74) is 0. The topological polar surface area (TPSA) is 124 Å². The quantitative estimate of drug-likeness (QED) is 0.408. The van der Waals surface area contributed by atoms with Gasteiger partial charge in [0, 0.05) is 0 Å². The number of carbonyl (C=O) groups is 1. The molecule has 78 valence electrons. The molecule has 0 unspecified atom stereocenters. The van der Waals surface area contributed by atoms with Crippen LogP contribution in [-0.2, 0) is 13.9 Å². The van der Waals surface area contributed by atoms with Crippen molar-refractivity contribution in [1.29, 1.82) is 0 Å². The largest absolute Gasteiger partial charge is 0.469 e. The van der Waals surface area contributed by atoms with Gasteiger partial charge >= 0.3 is 7.82 Å². The van der Waals surface area contributed by atoms with Gasteiger partial charge in [0.15, 0.2) is 5.78 Å². The van der Waals surface area contributed by atoms with Gasteiger partial charge in [-0.2, -0.15) is 0 Å². The molecule has 4 N–H and O–H groups in total. The molecule has 0 bridgehead atoms. The first-order valence-electron chi connectivity index (χ1n) is 4.10. The van der Waals surface area contributed by atoms with E-state index in [9.17, 15) is 9.36 Å². The third kappa shape index (κ3) is 5.87. The number of rotatable bonds is 5. The van der Waals surface area contributed by atoms with E-state index in [1.54, 1.807) is 0 Å². The lowest BCUT2D eigenvalue weighted by molar-refractivity contribution is -0.132. The van der Waals surface area contributed by atoms with Crippen LogP contribution in [0, 0.1) is 0 Å². The van der Waals surface area contributed by atoms with Crippen LogP contribution < -0.4 is 0 Å². The van der Waals surface area contributed by atoms with Crippen molar-refractivity contribution in [3.8, 4) is 0 Å². The van der Waals surface area contributed by atoms with Crippen LogP contribution in [0.25, 0.3) is 0 Å². The summed E-state index contributed by atoms with van der Waals surface area (Å²) in [5.74, 6) is -0.958. The number of aliphatic hydroxyl groups excluding tert-OH is 2. The van der Waals surface area contributed by atoms with Crippen LogP contribution in [0.15, 0.2) is 0 Å². The molecule has 0 amide bonds. The third-order valence-electron chi connectivity index (χ3n) is 1.01. The molecule has 7 nitrogen and oxygen atoms in total. The lowest BCUT2D eigenvalue weighted by Crippen LogP contribution is -2.35. The van der Waals surface area contributed by atoms with Gasteiger partial charge in [-0.25, -0.2) is 4.57 Å². The molecule has 0 aliphatic carbocycles. The molecule has 0 heterocycles. The maximum Gasteiger partial charge on any atom is 0.469 e. The first-order valence-corrected chi connectivity index (χ1v) is 4.63. The van der Waals surface area contributed by atoms with E-state index in [0.29, 0.717) is 0 Å². The fraction of sp³-hybridized carbons (Fsp3) is 0.800. The van der Waals surface area contributed by atoms with Crippen molar-refractivity contribution in [1.82, 2.24) is 0 Å². The van der Waals surface area contributed by atoms with Gasteiger partial charge in [-0.15, -0.1) is 0 Å². The van der Waals surface area contributed by atoms with Crippen molar-refractivity contribution in [3.63, 3.8) is 0 Å². The Kier molecular flexibility index (Phi) is 3.42. The Bertz CT molecular complexity index is 287. The Morgan fingerprint density at radius 2 is 2.08 bits per heavy atom. The number of aliphatic hydroxyl groups is 2. The average molecular weight is 216 g/mol. The molecular weight excluding hydrogens is 203 g/mol. The first-order chi connectivity index (χ1) is 6.47.